The van der Waals surface area contributed by atoms with Crippen LogP contribution in [0.25, 0.3) is 0 Å². The van der Waals surface area contributed by atoms with E-state index >= 15 is 0 Å². The van der Waals surface area contributed by atoms with Gasteiger partial charge in [0.25, 0.3) is 0 Å². The third kappa shape index (κ3) is 4.23. The van der Waals surface area contributed by atoms with Gasteiger partial charge in [-0.05, 0) is 36.0 Å². The summed E-state index contributed by atoms with van der Waals surface area (Å²) in [7, 11) is -2.25. The standard InChI is InChI=1S/C14H16F2O4S/c1-20-13(17)7-14(4-5-14)9-21(18,19)8-10-2-3-11(15)12(16)6-10/h2-3,6H,4-5,7-9H2,1H3. The third-order valence-electron chi connectivity index (χ3n) is 3.60. The van der Waals surface area contributed by atoms with Crippen LogP contribution in [0.2, 0.25) is 0 Å². The van der Waals surface area contributed by atoms with Gasteiger partial charge in [-0.2, -0.15) is 0 Å². The van der Waals surface area contributed by atoms with Gasteiger partial charge in [0.15, 0.2) is 21.5 Å². The predicted octanol–water partition coefficient (Wildman–Crippen LogP) is 2.22. The molecule has 1 saturated carbocycles. The van der Waals surface area contributed by atoms with Crippen molar-refractivity contribution in [2.45, 2.75) is 25.0 Å². The van der Waals surface area contributed by atoms with E-state index in [9.17, 15) is 22.0 Å². The van der Waals surface area contributed by atoms with E-state index in [1.54, 1.807) is 0 Å². The van der Waals surface area contributed by atoms with E-state index in [1.807, 2.05) is 0 Å². The van der Waals surface area contributed by atoms with Gasteiger partial charge in [0.2, 0.25) is 0 Å². The lowest BCUT2D eigenvalue weighted by Gasteiger charge is -2.14. The van der Waals surface area contributed by atoms with Gasteiger partial charge in [-0.25, -0.2) is 17.2 Å². The fourth-order valence-corrected chi connectivity index (χ4v) is 4.44. The molecule has 0 N–H and O–H groups in total. The summed E-state index contributed by atoms with van der Waals surface area (Å²) in [4.78, 5) is 11.3. The van der Waals surface area contributed by atoms with Crippen LogP contribution in [0.15, 0.2) is 18.2 Å². The monoisotopic (exact) mass is 318 g/mol. The van der Waals surface area contributed by atoms with Crippen molar-refractivity contribution in [3.8, 4) is 0 Å². The summed E-state index contributed by atoms with van der Waals surface area (Å²) in [5.74, 6) is -3.03. The molecule has 21 heavy (non-hydrogen) atoms. The van der Waals surface area contributed by atoms with E-state index in [2.05, 4.69) is 4.74 Å². The average molecular weight is 318 g/mol. The van der Waals surface area contributed by atoms with Crippen LogP contribution < -0.4 is 0 Å². The van der Waals surface area contributed by atoms with Gasteiger partial charge in [0, 0.05) is 0 Å². The first-order valence-corrected chi connectivity index (χ1v) is 8.29. The topological polar surface area (TPSA) is 60.4 Å². The fraction of sp³-hybridized carbons (Fsp3) is 0.500. The second-order valence-corrected chi connectivity index (χ2v) is 7.60. The second-order valence-electron chi connectivity index (χ2n) is 5.53. The van der Waals surface area contributed by atoms with Crippen molar-refractivity contribution in [1.29, 1.82) is 0 Å². The Hall–Kier alpha value is -1.50. The van der Waals surface area contributed by atoms with Gasteiger partial charge >= 0.3 is 5.97 Å². The minimum Gasteiger partial charge on any atom is -0.469 e. The number of carbonyl (C=O) groups is 1. The fourth-order valence-electron chi connectivity index (χ4n) is 2.33. The Labute approximate surface area is 122 Å². The van der Waals surface area contributed by atoms with Crippen molar-refractivity contribution in [3.05, 3.63) is 35.4 Å². The van der Waals surface area contributed by atoms with Crippen molar-refractivity contribution >= 4 is 15.8 Å². The van der Waals surface area contributed by atoms with Crippen molar-refractivity contribution in [3.63, 3.8) is 0 Å². The molecule has 0 radical (unpaired) electrons. The highest BCUT2D eigenvalue weighted by molar-refractivity contribution is 7.90. The second kappa shape index (κ2) is 5.71. The molecule has 1 aliphatic rings. The maximum absolute atomic E-state index is 13.1. The quantitative estimate of drug-likeness (QED) is 0.755. The summed E-state index contributed by atoms with van der Waals surface area (Å²) >= 11 is 0. The summed E-state index contributed by atoms with van der Waals surface area (Å²) in [6.07, 6.45) is 1.37. The number of sulfone groups is 1. The first-order chi connectivity index (χ1) is 9.75. The highest BCUT2D eigenvalue weighted by Gasteiger charge is 2.47. The molecule has 0 saturated heterocycles. The molecular formula is C14H16F2O4S. The molecule has 0 heterocycles. The largest absolute Gasteiger partial charge is 0.469 e. The molecular weight excluding hydrogens is 302 g/mol. The predicted molar refractivity (Wildman–Crippen MR) is 72.1 cm³/mol. The van der Waals surface area contributed by atoms with Crippen LogP contribution in [-0.4, -0.2) is 27.2 Å². The van der Waals surface area contributed by atoms with E-state index in [-0.39, 0.29) is 23.5 Å². The number of hydrogen-bond donors (Lipinski definition) is 0. The molecule has 0 bridgehead atoms. The lowest BCUT2D eigenvalue weighted by atomic mass is 10.1. The van der Waals surface area contributed by atoms with Crippen LogP contribution >= 0.6 is 0 Å². The number of hydrogen-bond acceptors (Lipinski definition) is 4. The van der Waals surface area contributed by atoms with Gasteiger partial charge in [0.1, 0.15) is 0 Å². The number of ether oxygens (including phenoxy) is 1. The highest BCUT2D eigenvalue weighted by Crippen LogP contribution is 2.50. The highest BCUT2D eigenvalue weighted by atomic mass is 32.2. The number of benzene rings is 1. The first kappa shape index (κ1) is 15.9. The average Bonchev–Trinajstić information content (AvgIpc) is 3.11. The molecule has 0 spiro atoms. The van der Waals surface area contributed by atoms with Crippen molar-refractivity contribution in [2.24, 2.45) is 5.41 Å². The molecule has 0 atom stereocenters. The lowest BCUT2D eigenvalue weighted by molar-refractivity contribution is -0.141. The lowest BCUT2D eigenvalue weighted by Crippen LogP contribution is -2.22. The Balaban J connectivity index is 2.05. The molecule has 7 heteroatoms. The summed E-state index contributed by atoms with van der Waals surface area (Å²) in [6.45, 7) is 0. The van der Waals surface area contributed by atoms with Crippen LogP contribution in [0.5, 0.6) is 0 Å². The molecule has 0 amide bonds. The SMILES string of the molecule is COC(=O)CC1(CS(=O)(=O)Cc2ccc(F)c(F)c2)CC1. The summed E-state index contributed by atoms with van der Waals surface area (Å²) in [5, 5.41) is 0. The molecule has 1 aromatic rings. The Morgan fingerprint density at radius 1 is 1.29 bits per heavy atom. The van der Waals surface area contributed by atoms with Crippen LogP contribution in [0.4, 0.5) is 8.78 Å². The van der Waals surface area contributed by atoms with Crippen molar-refractivity contribution < 1.29 is 26.7 Å². The number of rotatable bonds is 6. The van der Waals surface area contributed by atoms with E-state index in [4.69, 9.17) is 0 Å². The van der Waals surface area contributed by atoms with Gasteiger partial charge in [-0.15, -0.1) is 0 Å². The number of methoxy groups -OCH3 is 1. The molecule has 0 aliphatic heterocycles. The normalized spacial score (nSPS) is 16.5. The minimum atomic E-state index is -3.51. The maximum atomic E-state index is 13.1. The summed E-state index contributed by atoms with van der Waals surface area (Å²) in [6, 6.07) is 3.03. The van der Waals surface area contributed by atoms with Crippen LogP contribution in [-0.2, 0) is 25.1 Å². The molecule has 0 unspecified atom stereocenters. The van der Waals surface area contributed by atoms with Crippen molar-refractivity contribution in [1.82, 2.24) is 0 Å². The van der Waals surface area contributed by atoms with E-state index in [1.165, 1.54) is 13.2 Å². The Bertz CT molecular complexity index is 651. The Morgan fingerprint density at radius 3 is 2.48 bits per heavy atom. The number of carbonyl (C=O) groups excluding carboxylic acids is 1. The molecule has 1 aliphatic carbocycles. The molecule has 1 aromatic carbocycles. The van der Waals surface area contributed by atoms with E-state index in [0.717, 1.165) is 12.1 Å². The summed E-state index contributed by atoms with van der Waals surface area (Å²) in [5.41, 5.74) is -0.354. The molecule has 4 nitrogen and oxygen atoms in total. The first-order valence-electron chi connectivity index (χ1n) is 6.46. The van der Waals surface area contributed by atoms with Gasteiger partial charge < -0.3 is 4.74 Å². The third-order valence-corrected chi connectivity index (χ3v) is 5.43. The Kier molecular flexibility index (Phi) is 4.32. The van der Waals surface area contributed by atoms with Crippen LogP contribution in [0, 0.1) is 17.0 Å². The van der Waals surface area contributed by atoms with Crippen LogP contribution in [0.1, 0.15) is 24.8 Å². The summed E-state index contributed by atoms with van der Waals surface area (Å²) < 4.78 is 54.8. The van der Waals surface area contributed by atoms with E-state index in [0.29, 0.717) is 12.8 Å². The van der Waals surface area contributed by atoms with Gasteiger partial charge in [0.05, 0.1) is 25.0 Å². The smallest absolute Gasteiger partial charge is 0.306 e. The Morgan fingerprint density at radius 2 is 1.95 bits per heavy atom. The number of esters is 1. The molecule has 116 valence electrons. The molecule has 1 fully saturated rings. The van der Waals surface area contributed by atoms with Gasteiger partial charge in [-0.3, -0.25) is 4.79 Å². The zero-order valence-corrected chi connectivity index (χ0v) is 12.4. The molecule has 0 aromatic heterocycles. The van der Waals surface area contributed by atoms with Crippen LogP contribution in [0.3, 0.4) is 0 Å². The minimum absolute atomic E-state index is 0.0699. The zero-order chi connectivity index (χ0) is 15.7. The van der Waals surface area contributed by atoms with Crippen molar-refractivity contribution in [2.75, 3.05) is 12.9 Å². The maximum Gasteiger partial charge on any atom is 0.306 e. The number of halogens is 2. The molecule has 2 rings (SSSR count). The van der Waals surface area contributed by atoms with E-state index < -0.39 is 32.9 Å². The van der Waals surface area contributed by atoms with Gasteiger partial charge in [-0.1, -0.05) is 6.07 Å². The zero-order valence-electron chi connectivity index (χ0n) is 11.6.